The lowest BCUT2D eigenvalue weighted by atomic mass is 10.1. The van der Waals surface area contributed by atoms with Crippen LogP contribution < -0.4 is 4.74 Å². The number of hydrogen-bond donors (Lipinski definition) is 0. The topological polar surface area (TPSA) is 15.7 Å². The molecule has 0 unspecified atom stereocenters. The van der Waals surface area contributed by atoms with E-state index < -0.39 is 0 Å². The minimum absolute atomic E-state index is 0.405. The first-order chi connectivity index (χ1) is 10.6. The molecule has 0 bridgehead atoms. The zero-order valence-electron chi connectivity index (χ0n) is 13.6. The zero-order chi connectivity index (χ0) is 15.5. The molecule has 2 aromatic rings. The lowest BCUT2D eigenvalue weighted by Gasteiger charge is -2.30. The van der Waals surface area contributed by atoms with Crippen molar-refractivity contribution in [3.8, 4) is 5.75 Å². The molecule has 0 aliphatic carbocycles. The molecule has 0 spiro atoms. The highest BCUT2D eigenvalue weighted by Crippen LogP contribution is 2.27. The lowest BCUT2D eigenvalue weighted by Crippen LogP contribution is -2.43. The number of benzene rings is 1. The number of rotatable bonds is 4. The molecule has 1 atom stereocenters. The molecule has 0 N–H and O–H groups in total. The van der Waals surface area contributed by atoms with Crippen molar-refractivity contribution in [1.29, 1.82) is 0 Å². The molecule has 118 valence electrons. The van der Waals surface area contributed by atoms with Gasteiger partial charge in [-0.25, -0.2) is 0 Å². The molecule has 3 rings (SSSR count). The van der Waals surface area contributed by atoms with E-state index in [1.54, 1.807) is 11.3 Å². The summed E-state index contributed by atoms with van der Waals surface area (Å²) in [7, 11) is 4.26. The van der Waals surface area contributed by atoms with E-state index in [-0.39, 0.29) is 0 Å². The van der Waals surface area contributed by atoms with Gasteiger partial charge in [-0.2, -0.15) is 11.3 Å². The Balaban J connectivity index is 1.85. The molecule has 0 saturated heterocycles. The number of hydrogen-bond acceptors (Lipinski definition) is 4. The first-order valence-electron chi connectivity index (χ1n) is 7.74. The van der Waals surface area contributed by atoms with Crippen LogP contribution in [0, 0.1) is 6.92 Å². The Bertz CT molecular complexity index is 610. The second-order valence-corrected chi connectivity index (χ2v) is 7.15. The van der Waals surface area contributed by atoms with Crippen LogP contribution in [0.1, 0.15) is 16.7 Å². The first kappa shape index (κ1) is 15.5. The maximum absolute atomic E-state index is 6.10. The van der Waals surface area contributed by atoms with Crippen LogP contribution in [-0.2, 0) is 13.1 Å². The van der Waals surface area contributed by atoms with E-state index in [9.17, 15) is 0 Å². The molecule has 0 fully saturated rings. The average molecular weight is 316 g/mol. The van der Waals surface area contributed by atoms with Gasteiger partial charge >= 0.3 is 0 Å². The monoisotopic (exact) mass is 316 g/mol. The fraction of sp³-hybridized carbons (Fsp3) is 0.444. The summed E-state index contributed by atoms with van der Waals surface area (Å²) in [6.07, 6.45) is 0. The van der Waals surface area contributed by atoms with Crippen LogP contribution in [0.3, 0.4) is 0 Å². The summed E-state index contributed by atoms with van der Waals surface area (Å²) < 4.78 is 6.10. The minimum Gasteiger partial charge on any atom is -0.492 e. The molecular weight excluding hydrogens is 292 g/mol. The summed E-state index contributed by atoms with van der Waals surface area (Å²) in [4.78, 5) is 4.79. The van der Waals surface area contributed by atoms with Crippen molar-refractivity contribution in [3.05, 3.63) is 51.7 Å². The van der Waals surface area contributed by atoms with Gasteiger partial charge in [0.05, 0.1) is 6.04 Å². The third-order valence-electron chi connectivity index (χ3n) is 4.08. The van der Waals surface area contributed by atoms with Gasteiger partial charge < -0.3 is 9.64 Å². The minimum atomic E-state index is 0.405. The molecule has 1 aliphatic heterocycles. The van der Waals surface area contributed by atoms with Crippen LogP contribution in [0.5, 0.6) is 5.75 Å². The van der Waals surface area contributed by atoms with Crippen molar-refractivity contribution >= 4 is 11.3 Å². The predicted octanol–water partition coefficient (Wildman–Crippen LogP) is 3.38. The molecule has 0 amide bonds. The van der Waals surface area contributed by atoms with Gasteiger partial charge in [-0.05, 0) is 49.5 Å². The van der Waals surface area contributed by atoms with Crippen LogP contribution in [0.15, 0.2) is 35.0 Å². The largest absolute Gasteiger partial charge is 0.492 e. The maximum Gasteiger partial charge on any atom is 0.123 e. The van der Waals surface area contributed by atoms with Crippen LogP contribution in [-0.4, -0.2) is 43.1 Å². The fourth-order valence-electron chi connectivity index (χ4n) is 3.00. The van der Waals surface area contributed by atoms with Crippen LogP contribution in [0.4, 0.5) is 0 Å². The van der Waals surface area contributed by atoms with Crippen molar-refractivity contribution in [2.45, 2.75) is 26.1 Å². The smallest absolute Gasteiger partial charge is 0.123 e. The summed E-state index contributed by atoms with van der Waals surface area (Å²) >= 11 is 1.77. The van der Waals surface area contributed by atoms with Crippen molar-refractivity contribution in [3.63, 3.8) is 0 Å². The first-order valence-corrected chi connectivity index (χ1v) is 8.68. The molecule has 0 saturated carbocycles. The van der Waals surface area contributed by atoms with Gasteiger partial charge in [0.2, 0.25) is 0 Å². The van der Waals surface area contributed by atoms with Crippen molar-refractivity contribution < 1.29 is 4.74 Å². The van der Waals surface area contributed by atoms with Crippen molar-refractivity contribution in [2.75, 3.05) is 27.2 Å². The maximum atomic E-state index is 6.10. The Labute approximate surface area is 137 Å². The van der Waals surface area contributed by atoms with Gasteiger partial charge in [0.25, 0.3) is 0 Å². The standard InChI is InChI=1S/C18H24N2OS/c1-14-4-5-18-16(8-14)10-20(9-15-6-7-22-13-15)17(12-21-18)11-19(2)3/h4-8,13,17H,9-12H2,1-3H3/t17-/m0/s1. The van der Waals surface area contributed by atoms with Gasteiger partial charge in [0.1, 0.15) is 12.4 Å². The summed E-state index contributed by atoms with van der Waals surface area (Å²) in [5.41, 5.74) is 3.99. The van der Waals surface area contributed by atoms with E-state index in [2.05, 4.69) is 65.8 Å². The van der Waals surface area contributed by atoms with Crippen LogP contribution in [0.25, 0.3) is 0 Å². The summed E-state index contributed by atoms with van der Waals surface area (Å²) in [5, 5.41) is 4.40. The third-order valence-corrected chi connectivity index (χ3v) is 4.81. The lowest BCUT2D eigenvalue weighted by molar-refractivity contribution is 0.113. The van der Waals surface area contributed by atoms with E-state index in [1.165, 1.54) is 16.7 Å². The van der Waals surface area contributed by atoms with Gasteiger partial charge in [0, 0.05) is 25.2 Å². The number of likely N-dealkylation sites (N-methyl/N-ethyl adjacent to an activating group) is 1. The quantitative estimate of drug-likeness (QED) is 0.860. The van der Waals surface area contributed by atoms with Crippen molar-refractivity contribution in [2.24, 2.45) is 0 Å². The van der Waals surface area contributed by atoms with Crippen LogP contribution >= 0.6 is 11.3 Å². The highest BCUT2D eigenvalue weighted by molar-refractivity contribution is 7.07. The van der Waals surface area contributed by atoms with E-state index in [0.717, 1.165) is 32.0 Å². The van der Waals surface area contributed by atoms with E-state index in [1.807, 2.05) is 0 Å². The third kappa shape index (κ3) is 3.69. The normalized spacial score (nSPS) is 18.8. The van der Waals surface area contributed by atoms with Crippen LogP contribution in [0.2, 0.25) is 0 Å². The number of ether oxygens (including phenoxy) is 1. The summed E-state index contributed by atoms with van der Waals surface area (Å²) in [5.74, 6) is 1.04. The average Bonchev–Trinajstić information content (AvgIpc) is 2.91. The van der Waals surface area contributed by atoms with Gasteiger partial charge in [-0.15, -0.1) is 0 Å². The Kier molecular flexibility index (Phi) is 4.81. The van der Waals surface area contributed by atoms with Gasteiger partial charge in [-0.1, -0.05) is 17.7 Å². The van der Waals surface area contributed by atoms with Gasteiger partial charge in [0.15, 0.2) is 0 Å². The number of nitrogens with zero attached hydrogens (tertiary/aromatic N) is 2. The van der Waals surface area contributed by atoms with Gasteiger partial charge in [-0.3, -0.25) is 4.90 Å². The number of thiophene rings is 1. The zero-order valence-corrected chi connectivity index (χ0v) is 14.4. The number of aryl methyl sites for hydroxylation is 1. The molecule has 1 aromatic carbocycles. The number of fused-ring (bicyclic) bond motifs is 1. The van der Waals surface area contributed by atoms with E-state index in [4.69, 9.17) is 4.74 Å². The highest BCUT2D eigenvalue weighted by atomic mass is 32.1. The molecule has 3 nitrogen and oxygen atoms in total. The summed E-state index contributed by atoms with van der Waals surface area (Å²) in [6.45, 7) is 5.84. The second kappa shape index (κ2) is 6.82. The van der Waals surface area contributed by atoms with E-state index in [0.29, 0.717) is 6.04 Å². The fourth-order valence-corrected chi connectivity index (χ4v) is 3.66. The predicted molar refractivity (Wildman–Crippen MR) is 92.6 cm³/mol. The molecular formula is C18H24N2OS. The molecule has 22 heavy (non-hydrogen) atoms. The molecule has 1 aliphatic rings. The molecule has 2 heterocycles. The molecule has 1 aromatic heterocycles. The molecule has 0 radical (unpaired) electrons. The Morgan fingerprint density at radius 3 is 2.91 bits per heavy atom. The SMILES string of the molecule is Cc1ccc2c(c1)CN(Cc1ccsc1)[C@@H](CN(C)C)CO2. The highest BCUT2D eigenvalue weighted by Gasteiger charge is 2.25. The summed E-state index contributed by atoms with van der Waals surface area (Å²) in [6, 6.07) is 9.14. The molecule has 4 heteroatoms. The Hall–Kier alpha value is -1.36. The Morgan fingerprint density at radius 1 is 1.32 bits per heavy atom. The van der Waals surface area contributed by atoms with Crippen molar-refractivity contribution in [1.82, 2.24) is 9.80 Å². The van der Waals surface area contributed by atoms with E-state index >= 15 is 0 Å². The second-order valence-electron chi connectivity index (χ2n) is 6.37. The Morgan fingerprint density at radius 2 is 2.18 bits per heavy atom.